The van der Waals surface area contributed by atoms with Crippen LogP contribution in [0.15, 0.2) is 24.5 Å². The molecule has 1 aliphatic heterocycles. The fourth-order valence-electron chi connectivity index (χ4n) is 3.58. The number of aliphatic hydroxyl groups excluding tert-OH is 1. The van der Waals surface area contributed by atoms with Crippen LogP contribution < -0.4 is 4.90 Å². The lowest BCUT2D eigenvalue weighted by Crippen LogP contribution is -2.38. The van der Waals surface area contributed by atoms with Crippen molar-refractivity contribution in [2.45, 2.75) is 18.9 Å². The topological polar surface area (TPSA) is 111 Å². The van der Waals surface area contributed by atoms with Crippen LogP contribution in [-0.2, 0) is 11.8 Å². The van der Waals surface area contributed by atoms with Crippen LogP contribution in [-0.4, -0.2) is 45.7 Å². The van der Waals surface area contributed by atoms with E-state index in [-0.39, 0.29) is 22.2 Å². The summed E-state index contributed by atoms with van der Waals surface area (Å²) in [4.78, 5) is 28.9. The Morgan fingerprint density at radius 1 is 1.50 bits per heavy atom. The van der Waals surface area contributed by atoms with E-state index in [1.807, 2.05) is 11.9 Å². The number of aryl methyl sites for hydroxylation is 1. The Morgan fingerprint density at radius 2 is 2.25 bits per heavy atom. The van der Waals surface area contributed by atoms with Crippen molar-refractivity contribution in [2.75, 3.05) is 25.1 Å². The van der Waals surface area contributed by atoms with Gasteiger partial charge in [0.25, 0.3) is 5.69 Å². The first-order valence-electron chi connectivity index (χ1n) is 8.80. The molecule has 1 aromatic heterocycles. The van der Waals surface area contributed by atoms with E-state index in [4.69, 9.17) is 11.6 Å². The van der Waals surface area contributed by atoms with Crippen molar-refractivity contribution in [3.05, 3.63) is 51.1 Å². The lowest BCUT2D eigenvalue weighted by atomic mass is 9.91. The molecule has 0 saturated carbocycles. The van der Waals surface area contributed by atoms with Crippen LogP contribution in [0.4, 0.5) is 11.4 Å². The predicted molar refractivity (Wildman–Crippen MR) is 103 cm³/mol. The van der Waals surface area contributed by atoms with Gasteiger partial charge >= 0.3 is 5.97 Å². The minimum absolute atomic E-state index is 0.0544. The second-order valence-electron chi connectivity index (χ2n) is 6.76. The van der Waals surface area contributed by atoms with Crippen LogP contribution in [0.1, 0.15) is 35.1 Å². The van der Waals surface area contributed by atoms with Crippen LogP contribution in [0.5, 0.6) is 0 Å². The number of aliphatic hydroxyl groups is 1. The van der Waals surface area contributed by atoms with Gasteiger partial charge in [0.15, 0.2) is 0 Å². The first-order chi connectivity index (χ1) is 13.3. The van der Waals surface area contributed by atoms with E-state index < -0.39 is 17.0 Å². The first kappa shape index (κ1) is 20.1. The third-order valence-corrected chi connectivity index (χ3v) is 5.35. The second kappa shape index (κ2) is 8.15. The summed E-state index contributed by atoms with van der Waals surface area (Å²) in [6.45, 7) is 0.987. The van der Waals surface area contributed by atoms with Crippen molar-refractivity contribution in [2.24, 2.45) is 13.0 Å². The maximum Gasteiger partial charge on any atom is 0.339 e. The number of imidazole rings is 1. The number of nitro benzene ring substituents is 1. The summed E-state index contributed by atoms with van der Waals surface area (Å²) in [6.07, 6.45) is 4.11. The van der Waals surface area contributed by atoms with Gasteiger partial charge in [0.2, 0.25) is 0 Å². The summed E-state index contributed by atoms with van der Waals surface area (Å²) in [5.74, 6) is -0.324. The number of anilines is 1. The van der Waals surface area contributed by atoms with Gasteiger partial charge in [-0.15, -0.1) is 0 Å². The number of methoxy groups -OCH3 is 1. The third-order valence-electron chi connectivity index (χ3n) is 5.03. The summed E-state index contributed by atoms with van der Waals surface area (Å²) in [6, 6.07) is 2.56. The van der Waals surface area contributed by atoms with E-state index in [2.05, 4.69) is 9.72 Å². The van der Waals surface area contributed by atoms with Crippen LogP contribution in [0, 0.1) is 16.0 Å². The molecule has 1 aliphatic rings. The predicted octanol–water partition coefficient (Wildman–Crippen LogP) is 2.72. The molecule has 3 rings (SSSR count). The number of aromatic nitrogens is 2. The van der Waals surface area contributed by atoms with Crippen LogP contribution in [0.2, 0.25) is 5.02 Å². The van der Waals surface area contributed by atoms with Gasteiger partial charge in [0.05, 0.1) is 22.6 Å². The average molecular weight is 409 g/mol. The molecular formula is C18H21ClN4O5. The number of hydrogen-bond donors (Lipinski definition) is 1. The lowest BCUT2D eigenvalue weighted by Gasteiger charge is -2.36. The Bertz CT molecular complexity index is 900. The first-order valence-corrected chi connectivity index (χ1v) is 9.17. The van der Waals surface area contributed by atoms with Gasteiger partial charge in [-0.25, -0.2) is 9.78 Å². The Kier molecular flexibility index (Phi) is 5.85. The van der Waals surface area contributed by atoms with E-state index in [1.165, 1.54) is 13.2 Å². The summed E-state index contributed by atoms with van der Waals surface area (Å²) in [7, 11) is 2.99. The van der Waals surface area contributed by atoms with Crippen molar-refractivity contribution in [1.82, 2.24) is 9.55 Å². The molecule has 2 atom stereocenters. The van der Waals surface area contributed by atoms with Crippen LogP contribution >= 0.6 is 11.6 Å². The molecule has 2 unspecified atom stereocenters. The maximum atomic E-state index is 11.8. The van der Waals surface area contributed by atoms with Crippen molar-refractivity contribution < 1.29 is 19.6 Å². The van der Waals surface area contributed by atoms with Crippen molar-refractivity contribution in [3.63, 3.8) is 0 Å². The summed E-state index contributed by atoms with van der Waals surface area (Å²) < 4.78 is 6.39. The van der Waals surface area contributed by atoms with Gasteiger partial charge in [0, 0.05) is 44.5 Å². The molecule has 0 spiro atoms. The highest BCUT2D eigenvalue weighted by molar-refractivity contribution is 6.34. The number of carbonyl (C=O) groups excluding carboxylic acids is 1. The van der Waals surface area contributed by atoms with E-state index >= 15 is 0 Å². The number of ether oxygens (including phenoxy) is 1. The summed E-state index contributed by atoms with van der Waals surface area (Å²) >= 11 is 6.19. The maximum absolute atomic E-state index is 11.8. The summed E-state index contributed by atoms with van der Waals surface area (Å²) in [5.41, 5.74) is 0.0394. The normalized spacial score (nSPS) is 18.0. The van der Waals surface area contributed by atoms with Crippen LogP contribution in [0.3, 0.4) is 0 Å². The number of esters is 1. The van der Waals surface area contributed by atoms with E-state index in [1.54, 1.807) is 17.0 Å². The molecule has 10 heteroatoms. The Balaban J connectivity index is 1.92. The van der Waals surface area contributed by atoms with Crippen molar-refractivity contribution in [1.29, 1.82) is 0 Å². The zero-order valence-corrected chi connectivity index (χ0v) is 16.3. The molecule has 1 aromatic carbocycles. The largest absolute Gasteiger partial charge is 0.465 e. The molecule has 0 radical (unpaired) electrons. The van der Waals surface area contributed by atoms with E-state index in [0.29, 0.717) is 24.6 Å². The van der Waals surface area contributed by atoms with Gasteiger partial charge in [-0.2, -0.15) is 0 Å². The minimum Gasteiger partial charge on any atom is -0.465 e. The SMILES string of the molecule is COC(=O)c1cc([N+](=O)[O-])c(N2CCCC(C(O)c3nccn3C)C2)cc1Cl. The molecule has 1 fully saturated rings. The number of piperidine rings is 1. The Hall–Kier alpha value is -2.65. The molecule has 0 aliphatic carbocycles. The van der Waals surface area contributed by atoms with Gasteiger partial charge in [-0.3, -0.25) is 10.1 Å². The number of halogens is 1. The highest BCUT2D eigenvalue weighted by atomic mass is 35.5. The van der Waals surface area contributed by atoms with E-state index in [0.717, 1.165) is 18.9 Å². The third kappa shape index (κ3) is 3.81. The van der Waals surface area contributed by atoms with Gasteiger partial charge in [-0.1, -0.05) is 11.6 Å². The fraction of sp³-hybridized carbons (Fsp3) is 0.444. The average Bonchev–Trinajstić information content (AvgIpc) is 3.12. The molecule has 2 heterocycles. The fourth-order valence-corrected chi connectivity index (χ4v) is 3.81. The number of benzene rings is 1. The van der Waals surface area contributed by atoms with Gasteiger partial charge < -0.3 is 19.3 Å². The highest BCUT2D eigenvalue weighted by Crippen LogP contribution is 2.38. The monoisotopic (exact) mass is 408 g/mol. The van der Waals surface area contributed by atoms with Gasteiger partial charge in [0.1, 0.15) is 17.6 Å². The number of nitrogens with zero attached hydrogens (tertiary/aromatic N) is 4. The molecule has 0 amide bonds. The zero-order chi connectivity index (χ0) is 20.4. The molecule has 28 heavy (non-hydrogen) atoms. The Labute approximate surface area is 166 Å². The van der Waals surface area contributed by atoms with E-state index in [9.17, 15) is 20.0 Å². The van der Waals surface area contributed by atoms with Crippen LogP contribution in [0.25, 0.3) is 0 Å². The zero-order valence-electron chi connectivity index (χ0n) is 15.5. The molecule has 1 saturated heterocycles. The second-order valence-corrected chi connectivity index (χ2v) is 7.17. The molecular weight excluding hydrogens is 388 g/mol. The number of hydrogen-bond acceptors (Lipinski definition) is 7. The number of rotatable bonds is 5. The molecule has 150 valence electrons. The Morgan fingerprint density at radius 3 is 2.86 bits per heavy atom. The van der Waals surface area contributed by atoms with Crippen molar-refractivity contribution in [3.8, 4) is 0 Å². The molecule has 9 nitrogen and oxygen atoms in total. The molecule has 1 N–H and O–H groups in total. The standard InChI is InChI=1S/C18H21ClN4O5/c1-21-7-5-20-17(21)16(24)11-4-3-6-22(10-11)14-9-13(19)12(18(25)28-2)8-15(14)23(26)27/h5,7-9,11,16,24H,3-4,6,10H2,1-2H3. The lowest BCUT2D eigenvalue weighted by molar-refractivity contribution is -0.384. The molecule has 0 bridgehead atoms. The smallest absolute Gasteiger partial charge is 0.339 e. The molecule has 2 aromatic rings. The van der Waals surface area contributed by atoms with Crippen molar-refractivity contribution >= 4 is 28.9 Å². The summed E-state index contributed by atoms with van der Waals surface area (Å²) in [5, 5.41) is 22.4. The number of carbonyl (C=O) groups is 1. The number of nitro groups is 1. The van der Waals surface area contributed by atoms with Gasteiger partial charge in [-0.05, 0) is 18.9 Å². The minimum atomic E-state index is -0.785. The highest BCUT2D eigenvalue weighted by Gasteiger charge is 2.32. The quantitative estimate of drug-likeness (QED) is 0.460.